The smallest absolute Gasteiger partial charge is 0.174 e. The summed E-state index contributed by atoms with van der Waals surface area (Å²) in [5.41, 5.74) is 0.869. The molecule has 8 nitrogen and oxygen atoms in total. The Morgan fingerprint density at radius 3 is 2.62 bits per heavy atom. The second-order valence-corrected chi connectivity index (χ2v) is 9.78. The summed E-state index contributed by atoms with van der Waals surface area (Å²) >= 11 is 0. The number of hydrazine groups is 1. The average molecular weight is 466 g/mol. The number of likely N-dealkylation sites (N-methyl/N-ethyl adjacent to an activating group) is 1. The van der Waals surface area contributed by atoms with Crippen LogP contribution in [0.25, 0.3) is 0 Å². The largest absolute Gasteiger partial charge is 0.368 e. The van der Waals surface area contributed by atoms with Crippen molar-refractivity contribution in [1.82, 2.24) is 9.88 Å². The van der Waals surface area contributed by atoms with Gasteiger partial charge in [0.2, 0.25) is 0 Å². The van der Waals surface area contributed by atoms with E-state index in [1.54, 1.807) is 20.0 Å². The van der Waals surface area contributed by atoms with Gasteiger partial charge in [-0.2, -0.15) is 0 Å². The fourth-order valence-electron chi connectivity index (χ4n) is 3.28. The molecule has 3 rings (SSSR count). The van der Waals surface area contributed by atoms with E-state index in [-0.39, 0.29) is 23.2 Å². The van der Waals surface area contributed by atoms with E-state index in [1.807, 2.05) is 6.07 Å². The average Bonchev–Trinajstić information content (AvgIpc) is 2.76. The summed E-state index contributed by atoms with van der Waals surface area (Å²) in [6, 6.07) is 4.07. The summed E-state index contributed by atoms with van der Waals surface area (Å²) in [7, 11) is 0.531. The summed E-state index contributed by atoms with van der Waals surface area (Å²) in [5.74, 6) is 4.13. The highest BCUT2D eigenvalue weighted by molar-refractivity contribution is 7.86. The van der Waals surface area contributed by atoms with E-state index in [1.165, 1.54) is 12.3 Å². The molecule has 11 heteroatoms. The third-order valence-electron chi connectivity index (χ3n) is 5.26. The van der Waals surface area contributed by atoms with Crippen LogP contribution in [0.4, 0.5) is 25.8 Å². The minimum Gasteiger partial charge on any atom is -0.368 e. The van der Waals surface area contributed by atoms with Crippen LogP contribution in [0, 0.1) is 17.0 Å². The molecule has 32 heavy (non-hydrogen) atoms. The van der Waals surface area contributed by atoms with Crippen molar-refractivity contribution in [3.05, 3.63) is 47.8 Å². The molecule has 0 amide bonds. The zero-order chi connectivity index (χ0) is 23.4. The SMILES string of the molecule is CC(C)S(=O)Nc1ccc(F)c(N(N)CC(=N)c2cncc(N3CCN(C)CC3)c2)c1F. The van der Waals surface area contributed by atoms with Gasteiger partial charge in [-0.05, 0) is 39.1 Å². The molecule has 1 unspecified atom stereocenters. The number of pyridine rings is 1. The van der Waals surface area contributed by atoms with Crippen molar-refractivity contribution in [3.8, 4) is 0 Å². The molecule has 4 N–H and O–H groups in total. The molecule has 1 aliphatic rings. The third-order valence-corrected chi connectivity index (χ3v) is 6.54. The first-order valence-electron chi connectivity index (χ1n) is 10.3. The van der Waals surface area contributed by atoms with Crippen LogP contribution >= 0.6 is 0 Å². The van der Waals surface area contributed by atoms with E-state index in [4.69, 9.17) is 11.3 Å². The maximum Gasteiger partial charge on any atom is 0.174 e. The highest BCUT2D eigenvalue weighted by Gasteiger charge is 2.21. The van der Waals surface area contributed by atoms with Crippen LogP contribution in [0.3, 0.4) is 0 Å². The van der Waals surface area contributed by atoms with E-state index < -0.39 is 28.3 Å². The number of benzene rings is 1. The van der Waals surface area contributed by atoms with Crippen LogP contribution in [0.5, 0.6) is 0 Å². The Hall–Kier alpha value is -2.63. The van der Waals surface area contributed by atoms with Gasteiger partial charge in [0.15, 0.2) is 11.6 Å². The molecule has 1 aromatic heterocycles. The summed E-state index contributed by atoms with van der Waals surface area (Å²) in [6.07, 6.45) is 3.28. The van der Waals surface area contributed by atoms with Crippen LogP contribution in [0.15, 0.2) is 30.6 Å². The van der Waals surface area contributed by atoms with Crippen LogP contribution in [-0.2, 0) is 11.0 Å². The van der Waals surface area contributed by atoms with Gasteiger partial charge in [0, 0.05) is 43.2 Å². The number of nitrogens with zero attached hydrogens (tertiary/aromatic N) is 4. The van der Waals surface area contributed by atoms with Crippen LogP contribution in [0.2, 0.25) is 0 Å². The molecular weight excluding hydrogens is 436 g/mol. The molecule has 0 spiro atoms. The topological polar surface area (TPSA) is 102 Å². The predicted octanol–water partition coefficient (Wildman–Crippen LogP) is 2.34. The van der Waals surface area contributed by atoms with Gasteiger partial charge in [0.1, 0.15) is 16.7 Å². The Balaban J connectivity index is 1.76. The van der Waals surface area contributed by atoms with E-state index in [0.29, 0.717) is 5.56 Å². The Morgan fingerprint density at radius 2 is 1.97 bits per heavy atom. The van der Waals surface area contributed by atoms with E-state index >= 15 is 0 Å². The van der Waals surface area contributed by atoms with Crippen molar-refractivity contribution < 1.29 is 13.0 Å². The quantitative estimate of drug-likeness (QED) is 0.314. The Labute approximate surface area is 189 Å². The zero-order valence-electron chi connectivity index (χ0n) is 18.4. The van der Waals surface area contributed by atoms with Gasteiger partial charge < -0.3 is 19.9 Å². The maximum absolute atomic E-state index is 14.9. The lowest BCUT2D eigenvalue weighted by Crippen LogP contribution is -2.44. The molecule has 0 bridgehead atoms. The lowest BCUT2D eigenvalue weighted by Gasteiger charge is -2.34. The lowest BCUT2D eigenvalue weighted by molar-refractivity contribution is 0.313. The summed E-state index contributed by atoms with van der Waals surface area (Å²) in [4.78, 5) is 8.66. The second kappa shape index (κ2) is 10.3. The molecule has 2 aromatic rings. The highest BCUT2D eigenvalue weighted by Crippen LogP contribution is 2.28. The lowest BCUT2D eigenvalue weighted by atomic mass is 10.1. The first-order chi connectivity index (χ1) is 15.2. The standard InChI is InChI=1S/C21H29F2N7OS/c1-14(2)32(31)27-19-5-4-17(22)21(20(19)23)30(25)13-18(24)15-10-16(12-26-11-15)29-8-6-28(3)7-9-29/h4-5,10-12,14,24,27H,6-9,13,25H2,1-3H3. The minimum atomic E-state index is -1.54. The number of hydrogen-bond acceptors (Lipinski definition) is 7. The van der Waals surface area contributed by atoms with Crippen LogP contribution < -0.4 is 20.5 Å². The number of hydrogen-bond donors (Lipinski definition) is 3. The van der Waals surface area contributed by atoms with E-state index in [2.05, 4.69) is 26.6 Å². The molecular formula is C21H29F2N7OS. The zero-order valence-corrected chi connectivity index (χ0v) is 19.3. The van der Waals surface area contributed by atoms with Gasteiger partial charge in [-0.25, -0.2) is 18.8 Å². The van der Waals surface area contributed by atoms with Gasteiger partial charge in [-0.3, -0.25) is 9.99 Å². The number of rotatable bonds is 8. The van der Waals surface area contributed by atoms with Gasteiger partial charge in [0.05, 0.1) is 29.8 Å². The summed E-state index contributed by atoms with van der Waals surface area (Å²) in [6.45, 7) is 6.76. The van der Waals surface area contributed by atoms with Crippen molar-refractivity contribution in [2.75, 3.05) is 54.4 Å². The van der Waals surface area contributed by atoms with Crippen molar-refractivity contribution in [3.63, 3.8) is 0 Å². The molecule has 0 radical (unpaired) electrons. The van der Waals surface area contributed by atoms with Crippen LogP contribution in [0.1, 0.15) is 19.4 Å². The third kappa shape index (κ3) is 5.59. The van der Waals surface area contributed by atoms with E-state index in [9.17, 15) is 13.0 Å². The normalized spacial score (nSPS) is 15.7. The second-order valence-electron chi connectivity index (χ2n) is 8.03. The predicted molar refractivity (Wildman–Crippen MR) is 126 cm³/mol. The van der Waals surface area contributed by atoms with Gasteiger partial charge in [-0.1, -0.05) is 0 Å². The molecule has 1 aliphatic heterocycles. The maximum atomic E-state index is 14.9. The number of aromatic nitrogens is 1. The molecule has 0 aliphatic carbocycles. The van der Waals surface area contributed by atoms with Gasteiger partial charge in [0.25, 0.3) is 0 Å². The first kappa shape index (κ1) is 24.0. The monoisotopic (exact) mass is 465 g/mol. The molecule has 174 valence electrons. The van der Waals surface area contributed by atoms with E-state index in [0.717, 1.165) is 42.9 Å². The summed E-state index contributed by atoms with van der Waals surface area (Å²) < 4.78 is 43.9. The Morgan fingerprint density at radius 1 is 1.28 bits per heavy atom. The Bertz CT molecular complexity index is 996. The highest BCUT2D eigenvalue weighted by atomic mass is 32.2. The molecule has 1 fully saturated rings. The number of halogens is 2. The number of anilines is 3. The minimum absolute atomic E-state index is 0.0684. The first-order valence-corrected chi connectivity index (χ1v) is 11.5. The summed E-state index contributed by atoms with van der Waals surface area (Å²) in [5, 5.41) is 9.01. The van der Waals surface area contributed by atoms with Crippen molar-refractivity contribution in [1.29, 1.82) is 5.41 Å². The fourth-order valence-corrected chi connectivity index (χ4v) is 3.89. The molecule has 1 atom stereocenters. The van der Waals surface area contributed by atoms with Crippen LogP contribution in [-0.4, -0.2) is 64.8 Å². The number of nitrogens with one attached hydrogen (secondary N) is 2. The Kier molecular flexibility index (Phi) is 7.75. The molecule has 2 heterocycles. The molecule has 0 saturated carbocycles. The van der Waals surface area contributed by atoms with Crippen molar-refractivity contribution in [2.24, 2.45) is 5.84 Å². The number of piperazine rings is 1. The van der Waals surface area contributed by atoms with Gasteiger partial charge in [-0.15, -0.1) is 0 Å². The fraction of sp³-hybridized carbons (Fsp3) is 0.429. The van der Waals surface area contributed by atoms with Crippen molar-refractivity contribution >= 4 is 33.8 Å². The molecule has 1 saturated heterocycles. The van der Waals surface area contributed by atoms with Gasteiger partial charge >= 0.3 is 0 Å². The molecule has 1 aromatic carbocycles. The van der Waals surface area contributed by atoms with Crippen molar-refractivity contribution in [2.45, 2.75) is 19.1 Å². The number of nitrogens with two attached hydrogens (primary N) is 1.